The van der Waals surface area contributed by atoms with E-state index in [0.29, 0.717) is 6.10 Å². The maximum absolute atomic E-state index is 5.94. The van der Waals surface area contributed by atoms with E-state index in [1.54, 1.807) is 12.4 Å². The summed E-state index contributed by atoms with van der Waals surface area (Å²) < 4.78 is 5.94. The second-order valence-corrected chi connectivity index (χ2v) is 5.10. The van der Waals surface area contributed by atoms with Crippen molar-refractivity contribution in [3.8, 4) is 5.75 Å². The zero-order chi connectivity index (χ0) is 13.8. The molecule has 0 N–H and O–H groups in total. The topological polar surface area (TPSA) is 35.0 Å². The molecule has 19 heavy (non-hydrogen) atoms. The molecule has 0 aromatic carbocycles. The van der Waals surface area contributed by atoms with Crippen molar-refractivity contribution >= 4 is 0 Å². The molecule has 0 fully saturated rings. The molecule has 3 heteroatoms. The van der Waals surface area contributed by atoms with E-state index in [9.17, 15) is 0 Å². The van der Waals surface area contributed by atoms with Gasteiger partial charge in [0.1, 0.15) is 0 Å². The molecule has 3 nitrogen and oxygen atoms in total. The average molecular weight is 263 g/mol. The van der Waals surface area contributed by atoms with Crippen LogP contribution in [-0.2, 0) is 0 Å². The van der Waals surface area contributed by atoms with E-state index >= 15 is 0 Å². The molecule has 107 valence electrons. The summed E-state index contributed by atoms with van der Waals surface area (Å²) >= 11 is 0. The molecule has 1 aromatic heterocycles. The molecule has 1 radical (unpaired) electrons. The molecule has 0 aliphatic heterocycles. The van der Waals surface area contributed by atoms with E-state index in [4.69, 9.17) is 4.74 Å². The van der Waals surface area contributed by atoms with Gasteiger partial charge < -0.3 is 4.74 Å². The Balaban J connectivity index is 2.21. The van der Waals surface area contributed by atoms with Crippen LogP contribution in [0.2, 0.25) is 0 Å². The lowest BCUT2D eigenvalue weighted by Crippen LogP contribution is -2.16. The lowest BCUT2D eigenvalue weighted by Gasteiger charge is -2.18. The van der Waals surface area contributed by atoms with Crippen LogP contribution < -0.4 is 4.74 Å². The van der Waals surface area contributed by atoms with E-state index in [1.165, 1.54) is 38.5 Å². The summed E-state index contributed by atoms with van der Waals surface area (Å²) in [6, 6.07) is 0. The summed E-state index contributed by atoms with van der Waals surface area (Å²) in [7, 11) is 0. The van der Waals surface area contributed by atoms with Gasteiger partial charge in [0.25, 0.3) is 0 Å². The first-order valence-corrected chi connectivity index (χ1v) is 7.71. The van der Waals surface area contributed by atoms with Crippen molar-refractivity contribution in [2.75, 3.05) is 0 Å². The SMILES string of the molecule is CCCCCCCCC(CCC)Oc1cn[c]nc1. The molecule has 0 amide bonds. The summed E-state index contributed by atoms with van der Waals surface area (Å²) in [5.41, 5.74) is 0. The van der Waals surface area contributed by atoms with Gasteiger partial charge in [0.2, 0.25) is 0 Å². The number of ether oxygens (including phenoxy) is 1. The van der Waals surface area contributed by atoms with E-state index in [2.05, 4.69) is 30.1 Å². The van der Waals surface area contributed by atoms with Gasteiger partial charge >= 0.3 is 0 Å². The standard InChI is InChI=1S/C16H27N2O/c1-3-5-6-7-8-9-11-15(10-4-2)19-16-12-17-14-18-13-16/h12-13,15H,3-11H2,1-2H3. The van der Waals surface area contributed by atoms with Crippen LogP contribution in [0.15, 0.2) is 12.4 Å². The van der Waals surface area contributed by atoms with Gasteiger partial charge in [-0.25, -0.2) is 9.97 Å². The Morgan fingerprint density at radius 2 is 1.63 bits per heavy atom. The van der Waals surface area contributed by atoms with Crippen molar-refractivity contribution in [2.24, 2.45) is 0 Å². The maximum atomic E-state index is 5.94. The highest BCUT2D eigenvalue weighted by Gasteiger charge is 2.09. The first-order valence-electron chi connectivity index (χ1n) is 7.71. The van der Waals surface area contributed by atoms with E-state index in [-0.39, 0.29) is 0 Å². The lowest BCUT2D eigenvalue weighted by atomic mass is 10.0. The largest absolute Gasteiger partial charge is 0.487 e. The summed E-state index contributed by atoms with van der Waals surface area (Å²) in [5.74, 6) is 0.767. The molecule has 0 aliphatic rings. The van der Waals surface area contributed by atoms with Gasteiger partial charge in [0.05, 0.1) is 18.5 Å². The van der Waals surface area contributed by atoms with Crippen LogP contribution in [0.25, 0.3) is 0 Å². The summed E-state index contributed by atoms with van der Waals surface area (Å²) in [4.78, 5) is 7.73. The van der Waals surface area contributed by atoms with Crippen molar-refractivity contribution in [1.29, 1.82) is 0 Å². The molecule has 1 aromatic rings. The summed E-state index contributed by atoms with van der Waals surface area (Å²) in [5, 5.41) is 0. The molecule has 0 saturated carbocycles. The molecule has 0 saturated heterocycles. The second-order valence-electron chi connectivity index (χ2n) is 5.10. The van der Waals surface area contributed by atoms with Crippen molar-refractivity contribution in [2.45, 2.75) is 77.7 Å². The predicted molar refractivity (Wildman–Crippen MR) is 78.2 cm³/mol. The van der Waals surface area contributed by atoms with E-state index in [1.807, 2.05) is 0 Å². The first-order chi connectivity index (χ1) is 9.36. The quantitative estimate of drug-likeness (QED) is 0.548. The molecular weight excluding hydrogens is 236 g/mol. The van der Waals surface area contributed by atoms with Gasteiger partial charge in [-0.3, -0.25) is 0 Å². The van der Waals surface area contributed by atoms with Crippen LogP contribution in [0.1, 0.15) is 71.6 Å². The van der Waals surface area contributed by atoms with Crippen LogP contribution in [0.3, 0.4) is 0 Å². The number of aromatic nitrogens is 2. The van der Waals surface area contributed by atoms with Crippen molar-refractivity contribution in [3.05, 3.63) is 18.7 Å². The lowest BCUT2D eigenvalue weighted by molar-refractivity contribution is 0.174. The van der Waals surface area contributed by atoms with Gasteiger partial charge in [-0.2, -0.15) is 0 Å². The minimum absolute atomic E-state index is 0.308. The smallest absolute Gasteiger partial charge is 0.197 e. The van der Waals surface area contributed by atoms with E-state index in [0.717, 1.165) is 25.0 Å². The number of hydrogen-bond acceptors (Lipinski definition) is 3. The van der Waals surface area contributed by atoms with Crippen LogP contribution in [0.4, 0.5) is 0 Å². The normalized spacial score (nSPS) is 12.3. The number of unbranched alkanes of at least 4 members (excludes halogenated alkanes) is 5. The predicted octanol–water partition coefficient (Wildman–Crippen LogP) is 4.57. The van der Waals surface area contributed by atoms with Gasteiger partial charge in [-0.1, -0.05) is 52.4 Å². The third-order valence-corrected chi connectivity index (χ3v) is 3.29. The van der Waals surface area contributed by atoms with E-state index < -0.39 is 0 Å². The fraction of sp³-hybridized carbons (Fsp3) is 0.750. The Bertz CT molecular complexity index is 303. The third-order valence-electron chi connectivity index (χ3n) is 3.29. The molecular formula is C16H27N2O. The highest BCUT2D eigenvalue weighted by atomic mass is 16.5. The van der Waals surface area contributed by atoms with Crippen molar-refractivity contribution in [1.82, 2.24) is 9.97 Å². The zero-order valence-electron chi connectivity index (χ0n) is 12.4. The van der Waals surface area contributed by atoms with Gasteiger partial charge in [0.15, 0.2) is 12.1 Å². The maximum Gasteiger partial charge on any atom is 0.197 e. The highest BCUT2D eigenvalue weighted by Crippen LogP contribution is 2.17. The molecule has 0 spiro atoms. The minimum atomic E-state index is 0.308. The zero-order valence-corrected chi connectivity index (χ0v) is 12.4. The van der Waals surface area contributed by atoms with Gasteiger partial charge in [-0.15, -0.1) is 0 Å². The molecule has 1 rings (SSSR count). The molecule has 1 heterocycles. The fourth-order valence-corrected chi connectivity index (χ4v) is 2.24. The van der Waals surface area contributed by atoms with Gasteiger partial charge in [0, 0.05) is 0 Å². The molecule has 1 unspecified atom stereocenters. The first kappa shape index (κ1) is 15.9. The summed E-state index contributed by atoms with van der Waals surface area (Å²) in [6.45, 7) is 4.46. The Morgan fingerprint density at radius 1 is 0.947 bits per heavy atom. The monoisotopic (exact) mass is 263 g/mol. The van der Waals surface area contributed by atoms with Crippen molar-refractivity contribution in [3.63, 3.8) is 0 Å². The van der Waals surface area contributed by atoms with Crippen LogP contribution in [0.5, 0.6) is 5.75 Å². The van der Waals surface area contributed by atoms with Crippen LogP contribution in [-0.4, -0.2) is 16.1 Å². The van der Waals surface area contributed by atoms with Crippen LogP contribution in [0, 0.1) is 6.33 Å². The highest BCUT2D eigenvalue weighted by molar-refractivity contribution is 5.10. The Morgan fingerprint density at radius 3 is 2.32 bits per heavy atom. The fourth-order valence-electron chi connectivity index (χ4n) is 2.24. The van der Waals surface area contributed by atoms with Gasteiger partial charge in [-0.05, 0) is 19.3 Å². The molecule has 0 aliphatic carbocycles. The Kier molecular flexibility index (Phi) is 9.03. The Hall–Kier alpha value is -1.12. The minimum Gasteiger partial charge on any atom is -0.487 e. The third kappa shape index (κ3) is 7.81. The van der Waals surface area contributed by atoms with Crippen molar-refractivity contribution < 1.29 is 4.74 Å². The number of rotatable bonds is 11. The number of hydrogen-bond donors (Lipinski definition) is 0. The number of nitrogens with zero attached hydrogens (tertiary/aromatic N) is 2. The average Bonchev–Trinajstić information content (AvgIpc) is 2.44. The van der Waals surface area contributed by atoms with Crippen LogP contribution >= 0.6 is 0 Å². The molecule has 0 bridgehead atoms. The molecule has 1 atom stereocenters. The second kappa shape index (κ2) is 10.8. The Labute approximate surface area is 117 Å². The summed E-state index contributed by atoms with van der Waals surface area (Å²) in [6.07, 6.45) is 17.6.